The lowest BCUT2D eigenvalue weighted by Crippen LogP contribution is -2.53. The summed E-state index contributed by atoms with van der Waals surface area (Å²) in [5.74, 6) is 0.613. The van der Waals surface area contributed by atoms with Crippen LogP contribution in [-0.4, -0.2) is 114 Å². The molecule has 0 aliphatic carbocycles. The molecule has 3 amide bonds. The number of nitrogens with one attached hydrogen (secondary N) is 3. The second-order valence-corrected chi connectivity index (χ2v) is 21.6. The standard InChI is InChI=1S/C50H57ClN9O5P/c1-5-32-27-41(54-50-52-29-39(51)47(56-50)53-40-15-8-9-16-45(40)66(3,4)64)44(65-2)28-43(32)59-21-19-34(20-22-59)58-25-23-57(24-26-58)30-33-11-6-7-12-35(33)36-13-10-14-37-38(36)31-60(49(37)63)42-17-18-46(61)55-48(42)62/h6-16,27-29,34,42H,5,17-26,30-31H2,1-4H3,(H,55,61,62)(H2,52,53,54,56). The Morgan fingerprint density at radius 1 is 0.833 bits per heavy atom. The van der Waals surface area contributed by atoms with Gasteiger partial charge in [0.25, 0.3) is 5.91 Å². The molecule has 0 spiro atoms. The molecule has 14 nitrogen and oxygen atoms in total. The van der Waals surface area contributed by atoms with Crippen LogP contribution in [0.15, 0.2) is 85.1 Å². The summed E-state index contributed by atoms with van der Waals surface area (Å²) in [6.07, 6.45) is 5.11. The van der Waals surface area contributed by atoms with Crippen molar-refractivity contribution in [3.63, 3.8) is 0 Å². The number of carbonyl (C=O) groups excluding carboxylic acids is 3. The minimum absolute atomic E-state index is 0.155. The van der Waals surface area contributed by atoms with Gasteiger partial charge in [0.2, 0.25) is 17.8 Å². The number of amides is 3. The molecule has 344 valence electrons. The van der Waals surface area contributed by atoms with E-state index in [4.69, 9.17) is 21.3 Å². The third kappa shape index (κ3) is 9.42. The summed E-state index contributed by atoms with van der Waals surface area (Å²) in [6.45, 7) is 12.7. The van der Waals surface area contributed by atoms with Crippen LogP contribution in [0, 0.1) is 0 Å². The highest BCUT2D eigenvalue weighted by Gasteiger charge is 2.40. The normalized spacial score (nSPS) is 18.6. The highest BCUT2D eigenvalue weighted by Crippen LogP contribution is 2.41. The van der Waals surface area contributed by atoms with E-state index in [9.17, 15) is 18.9 Å². The molecule has 4 aliphatic rings. The van der Waals surface area contributed by atoms with Crippen LogP contribution in [0.2, 0.25) is 5.02 Å². The number of ether oxygens (including phenoxy) is 1. The zero-order valence-electron chi connectivity index (χ0n) is 38.0. The number of carbonyl (C=O) groups is 3. The van der Waals surface area contributed by atoms with Crippen molar-refractivity contribution >= 4 is 70.6 Å². The van der Waals surface area contributed by atoms with Gasteiger partial charge in [0.15, 0.2) is 5.82 Å². The molecule has 3 fully saturated rings. The molecule has 1 aromatic heterocycles. The molecule has 4 aliphatic heterocycles. The Morgan fingerprint density at radius 3 is 2.30 bits per heavy atom. The highest BCUT2D eigenvalue weighted by atomic mass is 35.5. The van der Waals surface area contributed by atoms with Gasteiger partial charge >= 0.3 is 0 Å². The van der Waals surface area contributed by atoms with Gasteiger partial charge in [0, 0.05) is 87.4 Å². The van der Waals surface area contributed by atoms with E-state index in [-0.39, 0.29) is 18.2 Å². The number of aryl methyl sites for hydroxylation is 1. The molecule has 5 aromatic rings. The van der Waals surface area contributed by atoms with E-state index in [1.807, 2.05) is 42.5 Å². The molecule has 4 aromatic carbocycles. The second-order valence-electron chi connectivity index (χ2n) is 18.0. The van der Waals surface area contributed by atoms with E-state index in [1.165, 1.54) is 16.8 Å². The minimum Gasteiger partial charge on any atom is -0.494 e. The number of fused-ring (bicyclic) bond motifs is 1. The van der Waals surface area contributed by atoms with Crippen molar-refractivity contribution in [1.82, 2.24) is 30.0 Å². The molecular weight excluding hydrogens is 873 g/mol. The first-order chi connectivity index (χ1) is 31.9. The van der Waals surface area contributed by atoms with Crippen molar-refractivity contribution < 1.29 is 23.7 Å². The number of rotatable bonds is 13. The third-order valence-electron chi connectivity index (χ3n) is 13.5. The number of para-hydroxylation sites is 1. The number of halogens is 1. The summed E-state index contributed by atoms with van der Waals surface area (Å²) in [4.78, 5) is 56.6. The van der Waals surface area contributed by atoms with Gasteiger partial charge in [-0.15, -0.1) is 0 Å². The average Bonchev–Trinajstić information content (AvgIpc) is 3.66. The Labute approximate surface area is 391 Å². The zero-order valence-corrected chi connectivity index (χ0v) is 39.6. The van der Waals surface area contributed by atoms with Crippen molar-refractivity contribution in [1.29, 1.82) is 0 Å². The second kappa shape index (κ2) is 19.2. The number of hydrogen-bond donors (Lipinski definition) is 3. The molecule has 0 radical (unpaired) electrons. The third-order valence-corrected chi connectivity index (χ3v) is 15.3. The van der Waals surface area contributed by atoms with Gasteiger partial charge in [0.1, 0.15) is 24.0 Å². The number of piperazine rings is 1. The molecular formula is C50H57ClN9O5P. The summed E-state index contributed by atoms with van der Waals surface area (Å²) in [7, 11) is -0.888. The summed E-state index contributed by atoms with van der Waals surface area (Å²) in [5.41, 5.74) is 8.74. The van der Waals surface area contributed by atoms with Crippen LogP contribution in [0.25, 0.3) is 11.1 Å². The number of piperidine rings is 2. The van der Waals surface area contributed by atoms with Gasteiger partial charge in [-0.3, -0.25) is 29.5 Å². The zero-order chi connectivity index (χ0) is 46.1. The van der Waals surface area contributed by atoms with E-state index in [2.05, 4.69) is 79.0 Å². The summed E-state index contributed by atoms with van der Waals surface area (Å²) >= 11 is 6.55. The Hall–Kier alpha value is -5.79. The maximum Gasteiger partial charge on any atom is 0.255 e. The van der Waals surface area contributed by atoms with Gasteiger partial charge < -0.3 is 29.7 Å². The lowest BCUT2D eigenvalue weighted by Gasteiger charge is -2.43. The van der Waals surface area contributed by atoms with Crippen LogP contribution in [0.3, 0.4) is 0 Å². The number of hydrogen-bond acceptors (Lipinski definition) is 12. The smallest absolute Gasteiger partial charge is 0.255 e. The fourth-order valence-electron chi connectivity index (χ4n) is 10.0. The minimum atomic E-state index is -2.56. The van der Waals surface area contributed by atoms with Crippen LogP contribution in [0.1, 0.15) is 59.7 Å². The van der Waals surface area contributed by atoms with Gasteiger partial charge in [0.05, 0.1) is 24.7 Å². The molecule has 9 rings (SSSR count). The van der Waals surface area contributed by atoms with Crippen LogP contribution in [-0.2, 0) is 33.7 Å². The molecule has 3 N–H and O–H groups in total. The van der Waals surface area contributed by atoms with Crippen molar-refractivity contribution in [2.45, 2.75) is 64.2 Å². The van der Waals surface area contributed by atoms with Crippen LogP contribution in [0.4, 0.5) is 28.8 Å². The lowest BCUT2D eigenvalue weighted by molar-refractivity contribution is -0.136. The number of methoxy groups -OCH3 is 1. The summed E-state index contributed by atoms with van der Waals surface area (Å²) in [5, 5.41) is 10.1. The Balaban J connectivity index is 0.816. The summed E-state index contributed by atoms with van der Waals surface area (Å²) < 4.78 is 18.9. The molecule has 3 saturated heterocycles. The number of nitrogens with zero attached hydrogens (tertiary/aromatic N) is 6. The maximum atomic E-state index is 13.6. The van der Waals surface area contributed by atoms with E-state index < -0.39 is 19.1 Å². The number of imide groups is 1. The Kier molecular flexibility index (Phi) is 13.2. The fraction of sp³-hybridized carbons (Fsp3) is 0.380. The largest absolute Gasteiger partial charge is 0.494 e. The Bertz CT molecular complexity index is 2710. The molecule has 1 unspecified atom stereocenters. The predicted molar refractivity (Wildman–Crippen MR) is 262 cm³/mol. The molecule has 5 heterocycles. The van der Waals surface area contributed by atoms with Crippen molar-refractivity contribution in [2.75, 3.05) is 75.2 Å². The average molecular weight is 930 g/mol. The van der Waals surface area contributed by atoms with Crippen LogP contribution >= 0.6 is 18.7 Å². The molecule has 16 heteroatoms. The number of aromatic nitrogens is 2. The first-order valence-electron chi connectivity index (χ1n) is 22.9. The first-order valence-corrected chi connectivity index (χ1v) is 25.8. The van der Waals surface area contributed by atoms with Crippen LogP contribution in [0.5, 0.6) is 5.75 Å². The van der Waals surface area contributed by atoms with Gasteiger partial charge in [-0.2, -0.15) is 4.98 Å². The van der Waals surface area contributed by atoms with E-state index >= 15 is 0 Å². The topological polar surface area (TPSA) is 152 Å². The van der Waals surface area contributed by atoms with Gasteiger partial charge in [-0.25, -0.2) is 4.98 Å². The van der Waals surface area contributed by atoms with Gasteiger partial charge in [-0.05, 0) is 91.1 Å². The van der Waals surface area contributed by atoms with Crippen molar-refractivity contribution in [2.24, 2.45) is 0 Å². The number of anilines is 5. The quantitative estimate of drug-likeness (QED) is 0.0786. The van der Waals surface area contributed by atoms with Crippen LogP contribution < -0.4 is 30.9 Å². The van der Waals surface area contributed by atoms with E-state index in [1.54, 1.807) is 31.5 Å². The Morgan fingerprint density at radius 2 is 1.56 bits per heavy atom. The fourth-order valence-corrected chi connectivity index (χ4v) is 11.3. The van der Waals surface area contributed by atoms with Crippen molar-refractivity contribution in [3.8, 4) is 16.9 Å². The monoisotopic (exact) mass is 929 g/mol. The van der Waals surface area contributed by atoms with E-state index in [0.29, 0.717) is 52.8 Å². The SMILES string of the molecule is CCc1cc(Nc2ncc(Cl)c(Nc3ccccc3P(C)(C)=O)n2)c(OC)cc1N1CCC(N2CCN(Cc3ccccc3-c3cccc4c3CN(C3CCC(=O)NC3=O)C4=O)CC2)CC1. The van der Waals surface area contributed by atoms with Crippen molar-refractivity contribution in [3.05, 3.63) is 112 Å². The molecule has 0 bridgehead atoms. The highest BCUT2D eigenvalue weighted by molar-refractivity contribution is 7.70. The molecule has 66 heavy (non-hydrogen) atoms. The lowest BCUT2D eigenvalue weighted by atomic mass is 9.93. The molecule has 0 saturated carbocycles. The number of benzene rings is 4. The predicted octanol–water partition coefficient (Wildman–Crippen LogP) is 7.65. The summed E-state index contributed by atoms with van der Waals surface area (Å²) in [6, 6.07) is 25.9. The molecule has 1 atom stereocenters. The van der Waals surface area contributed by atoms with Gasteiger partial charge in [-0.1, -0.05) is 67.1 Å². The first kappa shape index (κ1) is 45.4. The maximum absolute atomic E-state index is 13.6. The van der Waals surface area contributed by atoms with E-state index in [0.717, 1.165) is 92.8 Å².